The highest BCUT2D eigenvalue weighted by atomic mass is 32.2. The Morgan fingerprint density at radius 2 is 1.44 bits per heavy atom. The van der Waals surface area contributed by atoms with Crippen molar-refractivity contribution in [2.24, 2.45) is 0 Å². The summed E-state index contributed by atoms with van der Waals surface area (Å²) < 4.78 is 34.1. The highest BCUT2D eigenvalue weighted by Crippen LogP contribution is 2.37. The van der Waals surface area contributed by atoms with Gasteiger partial charge in [0.15, 0.2) is 6.10 Å². The number of hydrogen-bond donors (Lipinski definition) is 2. The van der Waals surface area contributed by atoms with E-state index in [9.17, 15) is 18.0 Å². The van der Waals surface area contributed by atoms with Crippen LogP contribution in [-0.2, 0) is 20.2 Å². The second-order valence-electron chi connectivity index (χ2n) is 10.8. The molecule has 0 saturated heterocycles. The summed E-state index contributed by atoms with van der Waals surface area (Å²) in [5, 5.41) is 5.65. The number of nitrogens with one attached hydrogen (secondary N) is 2. The number of hydrogen-bond acceptors (Lipinski definition) is 5. The van der Waals surface area contributed by atoms with Crippen LogP contribution in [0.3, 0.4) is 0 Å². The lowest BCUT2D eigenvalue weighted by Gasteiger charge is -2.34. The molecule has 41 heavy (non-hydrogen) atoms. The summed E-state index contributed by atoms with van der Waals surface area (Å²) in [7, 11) is -3.95. The van der Waals surface area contributed by atoms with Crippen LogP contribution in [0.25, 0.3) is 0 Å². The molecule has 1 heterocycles. The Bertz CT molecular complexity index is 1680. The smallest absolute Gasteiger partial charge is 0.267 e. The van der Waals surface area contributed by atoms with Crippen molar-refractivity contribution in [3.63, 3.8) is 0 Å². The minimum Gasteiger partial charge on any atom is -0.476 e. The molecule has 9 heteroatoms. The van der Waals surface area contributed by atoms with E-state index < -0.39 is 22.0 Å². The highest BCUT2D eigenvalue weighted by molar-refractivity contribution is 7.92. The molecule has 8 nitrogen and oxygen atoms in total. The van der Waals surface area contributed by atoms with Crippen molar-refractivity contribution in [2.75, 3.05) is 21.5 Å². The van der Waals surface area contributed by atoms with Gasteiger partial charge in [-0.15, -0.1) is 0 Å². The molecule has 5 rings (SSSR count). The summed E-state index contributed by atoms with van der Waals surface area (Å²) >= 11 is 0. The Balaban J connectivity index is 1.31. The summed E-state index contributed by atoms with van der Waals surface area (Å²) in [5.41, 5.74) is 2.91. The van der Waals surface area contributed by atoms with Crippen molar-refractivity contribution in [3.05, 3.63) is 114 Å². The van der Waals surface area contributed by atoms with Crippen LogP contribution in [0.1, 0.15) is 36.7 Å². The molecule has 4 aromatic carbocycles. The van der Waals surface area contributed by atoms with Crippen LogP contribution < -0.4 is 19.7 Å². The van der Waals surface area contributed by atoms with Crippen molar-refractivity contribution in [1.29, 1.82) is 0 Å². The molecule has 2 amide bonds. The van der Waals surface area contributed by atoms with E-state index in [1.54, 1.807) is 78.9 Å². The molecular formula is C32H31N3O5S. The quantitative estimate of drug-likeness (QED) is 0.304. The topological polar surface area (TPSA) is 105 Å². The Morgan fingerprint density at radius 1 is 0.805 bits per heavy atom. The van der Waals surface area contributed by atoms with E-state index in [-0.39, 0.29) is 28.5 Å². The van der Waals surface area contributed by atoms with Gasteiger partial charge in [0.2, 0.25) is 0 Å². The number of rotatable bonds is 6. The molecule has 1 aliphatic heterocycles. The van der Waals surface area contributed by atoms with E-state index in [2.05, 4.69) is 31.4 Å². The van der Waals surface area contributed by atoms with Crippen molar-refractivity contribution in [2.45, 2.75) is 37.2 Å². The second-order valence-corrected chi connectivity index (χ2v) is 12.6. The van der Waals surface area contributed by atoms with Gasteiger partial charge in [-0.3, -0.25) is 13.9 Å². The predicted octanol–water partition coefficient (Wildman–Crippen LogP) is 5.83. The summed E-state index contributed by atoms with van der Waals surface area (Å²) in [6.45, 7) is 6.12. The third-order valence-electron chi connectivity index (χ3n) is 6.76. The van der Waals surface area contributed by atoms with E-state index in [4.69, 9.17) is 4.74 Å². The number of carbonyl (C=O) groups is 2. The van der Waals surface area contributed by atoms with Gasteiger partial charge in [0.25, 0.3) is 21.8 Å². The number of nitrogens with zero attached hydrogens (tertiary/aromatic N) is 1. The van der Waals surface area contributed by atoms with Gasteiger partial charge in [-0.2, -0.15) is 0 Å². The summed E-state index contributed by atoms with van der Waals surface area (Å²) in [5.74, 6) is -0.506. The zero-order valence-corrected chi connectivity index (χ0v) is 23.8. The van der Waals surface area contributed by atoms with Gasteiger partial charge in [-0.25, -0.2) is 8.42 Å². The van der Waals surface area contributed by atoms with Crippen molar-refractivity contribution >= 4 is 38.9 Å². The maximum absolute atomic E-state index is 13.5. The summed E-state index contributed by atoms with van der Waals surface area (Å²) in [4.78, 5) is 26.3. The molecule has 0 aliphatic carbocycles. The summed E-state index contributed by atoms with van der Waals surface area (Å²) in [6.07, 6.45) is -1.11. The Hall–Kier alpha value is -4.63. The van der Waals surface area contributed by atoms with Crippen LogP contribution >= 0.6 is 0 Å². The van der Waals surface area contributed by atoms with Crippen molar-refractivity contribution in [3.8, 4) is 5.75 Å². The van der Waals surface area contributed by atoms with Crippen LogP contribution in [0.2, 0.25) is 0 Å². The van der Waals surface area contributed by atoms with Crippen LogP contribution in [-0.4, -0.2) is 32.9 Å². The summed E-state index contributed by atoms with van der Waals surface area (Å²) in [6, 6.07) is 29.0. The van der Waals surface area contributed by atoms with Gasteiger partial charge >= 0.3 is 0 Å². The number of ether oxygens (including phenoxy) is 1. The fraction of sp³-hybridized carbons (Fsp3) is 0.188. The Labute approximate surface area is 240 Å². The monoisotopic (exact) mass is 569 g/mol. The lowest BCUT2D eigenvalue weighted by atomic mass is 9.87. The van der Waals surface area contributed by atoms with Gasteiger partial charge < -0.3 is 15.4 Å². The largest absolute Gasteiger partial charge is 0.476 e. The fourth-order valence-electron chi connectivity index (χ4n) is 4.51. The Morgan fingerprint density at radius 3 is 2.12 bits per heavy atom. The minimum absolute atomic E-state index is 0.0194. The zero-order chi connectivity index (χ0) is 29.2. The van der Waals surface area contributed by atoms with Crippen molar-refractivity contribution in [1.82, 2.24) is 0 Å². The number of carbonyl (C=O) groups excluding carboxylic acids is 2. The second kappa shape index (κ2) is 11.1. The van der Waals surface area contributed by atoms with Gasteiger partial charge in [0.05, 0.1) is 17.1 Å². The molecule has 0 unspecified atom stereocenters. The molecule has 2 N–H and O–H groups in total. The van der Waals surface area contributed by atoms with Crippen LogP contribution in [0.4, 0.5) is 17.1 Å². The molecule has 0 saturated carbocycles. The highest BCUT2D eigenvalue weighted by Gasteiger charge is 2.37. The third kappa shape index (κ3) is 6.10. The van der Waals surface area contributed by atoms with E-state index >= 15 is 0 Å². The molecule has 0 fully saturated rings. The number of para-hydroxylation sites is 2. The van der Waals surface area contributed by atoms with E-state index in [0.29, 0.717) is 22.6 Å². The molecule has 0 spiro atoms. The lowest BCUT2D eigenvalue weighted by molar-refractivity contribution is -0.122. The normalized spacial score (nSPS) is 14.9. The number of fused-ring (bicyclic) bond motifs is 1. The average molecular weight is 570 g/mol. The van der Waals surface area contributed by atoms with Crippen LogP contribution in [0.15, 0.2) is 108 Å². The van der Waals surface area contributed by atoms with Gasteiger partial charge in [0.1, 0.15) is 5.75 Å². The van der Waals surface area contributed by atoms with Gasteiger partial charge in [-0.1, -0.05) is 69.3 Å². The molecule has 1 atom stereocenters. The first-order chi connectivity index (χ1) is 19.5. The minimum atomic E-state index is -3.95. The van der Waals surface area contributed by atoms with Gasteiger partial charge in [-0.05, 0) is 65.6 Å². The average Bonchev–Trinajstić information content (AvgIpc) is 2.96. The number of sulfonamides is 1. The SMILES string of the molecule is CC(C)(C)c1ccc(C(=O)Nc2cccc(NC(=O)[C@H]3CN(S(=O)(=O)c4ccccc4)c4ccccc4O3)c2)cc1. The third-order valence-corrected chi connectivity index (χ3v) is 8.55. The number of amides is 2. The maximum Gasteiger partial charge on any atom is 0.267 e. The molecule has 210 valence electrons. The van der Waals surface area contributed by atoms with E-state index in [1.165, 1.54) is 16.4 Å². The first kappa shape index (κ1) is 27.9. The maximum atomic E-state index is 13.5. The number of anilines is 3. The molecule has 1 aliphatic rings. The standard InChI is InChI=1S/C32H31N3O5S/c1-32(2,3)23-18-16-22(17-19-23)30(36)33-24-10-9-11-25(20-24)34-31(37)29-21-35(27-14-7-8-15-28(27)40-29)41(38,39)26-12-5-4-6-13-26/h4-20,29H,21H2,1-3H3,(H,33,36)(H,34,37)/t29-/m1/s1. The predicted molar refractivity (Wildman–Crippen MR) is 160 cm³/mol. The Kier molecular flexibility index (Phi) is 7.55. The van der Waals surface area contributed by atoms with Gasteiger partial charge in [0, 0.05) is 16.9 Å². The zero-order valence-electron chi connectivity index (χ0n) is 23.0. The molecule has 0 bridgehead atoms. The van der Waals surface area contributed by atoms with Crippen molar-refractivity contribution < 1.29 is 22.7 Å². The lowest BCUT2D eigenvalue weighted by Crippen LogP contribution is -2.48. The fourth-order valence-corrected chi connectivity index (χ4v) is 6.01. The first-order valence-corrected chi connectivity index (χ1v) is 14.6. The molecule has 0 radical (unpaired) electrons. The molecule has 4 aromatic rings. The van der Waals surface area contributed by atoms with Crippen LogP contribution in [0.5, 0.6) is 5.75 Å². The number of benzene rings is 4. The molecular weight excluding hydrogens is 538 g/mol. The van der Waals surface area contributed by atoms with E-state index in [0.717, 1.165) is 5.56 Å². The molecule has 0 aromatic heterocycles. The van der Waals surface area contributed by atoms with Crippen LogP contribution in [0, 0.1) is 0 Å². The van der Waals surface area contributed by atoms with E-state index in [1.807, 2.05) is 12.1 Å². The first-order valence-electron chi connectivity index (χ1n) is 13.2.